The smallest absolute Gasteiger partial charge is 0.247 e. The lowest BCUT2D eigenvalue weighted by Crippen LogP contribution is -2.57. The highest BCUT2D eigenvalue weighted by Gasteiger charge is 2.55. The third kappa shape index (κ3) is 3.46. The summed E-state index contributed by atoms with van der Waals surface area (Å²) < 4.78 is 0. The molecule has 4 fully saturated rings. The molecule has 4 aliphatic carbocycles. The molecule has 5 rings (SSSR count). The summed E-state index contributed by atoms with van der Waals surface area (Å²) in [7, 11) is 0. The lowest BCUT2D eigenvalue weighted by atomic mass is 9.49. The van der Waals surface area contributed by atoms with Crippen LogP contribution in [0.1, 0.15) is 63.5 Å². The van der Waals surface area contributed by atoms with Crippen molar-refractivity contribution in [1.29, 1.82) is 0 Å². The van der Waals surface area contributed by atoms with Gasteiger partial charge in [0.05, 0.1) is 0 Å². The van der Waals surface area contributed by atoms with Crippen LogP contribution in [0.15, 0.2) is 18.2 Å². The van der Waals surface area contributed by atoms with Gasteiger partial charge in [-0.25, -0.2) is 0 Å². The summed E-state index contributed by atoms with van der Waals surface area (Å²) in [4.78, 5) is 26.5. The Bertz CT molecular complexity index is 748. The van der Waals surface area contributed by atoms with E-state index in [-0.39, 0.29) is 23.1 Å². The van der Waals surface area contributed by atoms with Gasteiger partial charge in [-0.2, -0.15) is 0 Å². The molecule has 4 nitrogen and oxygen atoms in total. The molecule has 4 heteroatoms. The minimum absolute atomic E-state index is 0.0444. The van der Waals surface area contributed by atoms with Gasteiger partial charge in [0.15, 0.2) is 0 Å². The predicted octanol–water partition coefficient (Wildman–Crippen LogP) is 4.60. The molecular weight excluding hydrogens is 348 g/mol. The van der Waals surface area contributed by atoms with Crippen LogP contribution in [0.3, 0.4) is 0 Å². The molecule has 0 heterocycles. The van der Waals surface area contributed by atoms with Crippen molar-refractivity contribution >= 4 is 17.5 Å². The normalized spacial score (nSPS) is 31.7. The summed E-state index contributed by atoms with van der Waals surface area (Å²) >= 11 is 0. The number of anilines is 1. The topological polar surface area (TPSA) is 58.2 Å². The fourth-order valence-electron chi connectivity index (χ4n) is 6.32. The van der Waals surface area contributed by atoms with E-state index < -0.39 is 6.04 Å². The number of rotatable bonds is 5. The predicted molar refractivity (Wildman–Crippen MR) is 112 cm³/mol. The average molecular weight is 383 g/mol. The van der Waals surface area contributed by atoms with Gasteiger partial charge in [0, 0.05) is 11.1 Å². The Hall–Kier alpha value is -1.84. The van der Waals surface area contributed by atoms with Gasteiger partial charge in [-0.3, -0.25) is 9.59 Å². The van der Waals surface area contributed by atoms with Crippen LogP contribution >= 0.6 is 0 Å². The summed E-state index contributed by atoms with van der Waals surface area (Å²) in [6, 6.07) is 5.43. The molecule has 0 aliphatic heterocycles. The molecule has 2 amide bonds. The minimum atomic E-state index is -0.500. The Morgan fingerprint density at radius 1 is 1.00 bits per heavy atom. The molecule has 0 radical (unpaired) electrons. The number of carbonyl (C=O) groups is 2. The number of benzene rings is 1. The lowest BCUT2D eigenvalue weighted by Gasteiger charge is -2.55. The summed E-state index contributed by atoms with van der Waals surface area (Å²) in [6.45, 7) is 8.07. The van der Waals surface area contributed by atoms with Crippen LogP contribution in [0.5, 0.6) is 0 Å². The molecule has 28 heavy (non-hydrogen) atoms. The zero-order valence-electron chi connectivity index (χ0n) is 17.7. The summed E-state index contributed by atoms with van der Waals surface area (Å²) in [6.07, 6.45) is 7.00. The van der Waals surface area contributed by atoms with Gasteiger partial charge >= 0.3 is 0 Å². The van der Waals surface area contributed by atoms with Crippen LogP contribution in [-0.4, -0.2) is 17.9 Å². The number of hydrogen-bond donors (Lipinski definition) is 2. The van der Waals surface area contributed by atoms with E-state index in [4.69, 9.17) is 0 Å². The second-order valence-electron chi connectivity index (χ2n) is 10.1. The first-order chi connectivity index (χ1) is 13.3. The summed E-state index contributed by atoms with van der Waals surface area (Å²) in [5, 5.41) is 6.23. The summed E-state index contributed by atoms with van der Waals surface area (Å²) in [5.74, 6) is 2.22. The molecule has 4 bridgehead atoms. The Morgan fingerprint density at radius 3 is 2.11 bits per heavy atom. The highest BCUT2D eigenvalue weighted by atomic mass is 16.2. The monoisotopic (exact) mass is 382 g/mol. The van der Waals surface area contributed by atoms with Crippen molar-refractivity contribution in [1.82, 2.24) is 5.32 Å². The second kappa shape index (κ2) is 7.20. The molecule has 0 unspecified atom stereocenters. The van der Waals surface area contributed by atoms with Crippen molar-refractivity contribution in [3.63, 3.8) is 0 Å². The highest BCUT2D eigenvalue weighted by molar-refractivity contribution is 5.98. The van der Waals surface area contributed by atoms with Gasteiger partial charge in [-0.15, -0.1) is 0 Å². The molecule has 0 spiro atoms. The van der Waals surface area contributed by atoms with E-state index in [1.54, 1.807) is 0 Å². The largest absolute Gasteiger partial charge is 0.344 e. The van der Waals surface area contributed by atoms with Crippen LogP contribution in [0.25, 0.3) is 0 Å². The molecule has 1 aromatic carbocycles. The zero-order chi connectivity index (χ0) is 20.1. The molecule has 1 aromatic rings. The molecule has 152 valence electrons. The Kier molecular flexibility index (Phi) is 5.01. The first-order valence-electron chi connectivity index (χ1n) is 11.0. The molecule has 1 atom stereocenters. The van der Waals surface area contributed by atoms with Gasteiger partial charge in [-0.1, -0.05) is 26.0 Å². The molecule has 2 N–H and O–H groups in total. The van der Waals surface area contributed by atoms with Crippen molar-refractivity contribution in [2.75, 3.05) is 5.32 Å². The van der Waals surface area contributed by atoms with E-state index in [0.717, 1.165) is 53.8 Å². The van der Waals surface area contributed by atoms with Crippen LogP contribution in [0, 0.1) is 42.9 Å². The average Bonchev–Trinajstić information content (AvgIpc) is 2.61. The van der Waals surface area contributed by atoms with Crippen molar-refractivity contribution in [3.8, 4) is 0 Å². The second-order valence-corrected chi connectivity index (χ2v) is 10.1. The Morgan fingerprint density at radius 2 is 1.57 bits per heavy atom. The van der Waals surface area contributed by atoms with Gasteiger partial charge < -0.3 is 10.6 Å². The standard InChI is InChI=1S/C24H34N2O2/c1-14(2)21(22(27)25-20-7-5-6-15(3)16(20)4)26-23(28)24-11-17-8-18(12-24)10-19(9-17)13-24/h5-7,14,17-19,21H,8-13H2,1-4H3,(H,25,27)(H,26,28)/t17?,18?,19?,21-,24?/m0/s1. The van der Waals surface area contributed by atoms with E-state index >= 15 is 0 Å². The molecule has 4 aliphatic rings. The third-order valence-corrected chi connectivity index (χ3v) is 7.62. The zero-order valence-corrected chi connectivity index (χ0v) is 17.7. The number of carbonyl (C=O) groups excluding carboxylic acids is 2. The van der Waals surface area contributed by atoms with Gasteiger partial charge in [0.1, 0.15) is 6.04 Å². The van der Waals surface area contributed by atoms with E-state index in [1.165, 1.54) is 19.3 Å². The molecule has 0 saturated heterocycles. The SMILES string of the molecule is Cc1cccc(NC(=O)[C@@H](NC(=O)C23CC4CC(CC(C4)C2)C3)C(C)C)c1C. The fourth-order valence-corrected chi connectivity index (χ4v) is 6.32. The number of aryl methyl sites for hydroxylation is 1. The molecular formula is C24H34N2O2. The van der Waals surface area contributed by atoms with E-state index in [9.17, 15) is 9.59 Å². The van der Waals surface area contributed by atoms with Gasteiger partial charge in [0.25, 0.3) is 0 Å². The third-order valence-electron chi connectivity index (χ3n) is 7.62. The van der Waals surface area contributed by atoms with Crippen molar-refractivity contribution in [3.05, 3.63) is 29.3 Å². The molecule has 4 saturated carbocycles. The number of hydrogen-bond acceptors (Lipinski definition) is 2. The quantitative estimate of drug-likeness (QED) is 0.782. The van der Waals surface area contributed by atoms with E-state index in [0.29, 0.717) is 0 Å². The Labute approximate surface area is 168 Å². The van der Waals surface area contributed by atoms with Crippen LogP contribution < -0.4 is 10.6 Å². The van der Waals surface area contributed by atoms with Crippen molar-refractivity contribution in [2.45, 2.75) is 72.3 Å². The highest BCUT2D eigenvalue weighted by Crippen LogP contribution is 2.60. The summed E-state index contributed by atoms with van der Waals surface area (Å²) in [5.41, 5.74) is 2.84. The number of nitrogens with one attached hydrogen (secondary N) is 2. The van der Waals surface area contributed by atoms with Gasteiger partial charge in [-0.05, 0) is 93.2 Å². The number of amides is 2. The van der Waals surface area contributed by atoms with Gasteiger partial charge in [0.2, 0.25) is 11.8 Å². The lowest BCUT2D eigenvalue weighted by molar-refractivity contribution is -0.148. The molecule has 0 aromatic heterocycles. The minimum Gasteiger partial charge on any atom is -0.344 e. The first kappa shape index (κ1) is 19.5. The van der Waals surface area contributed by atoms with E-state index in [2.05, 4.69) is 10.6 Å². The Balaban J connectivity index is 1.48. The van der Waals surface area contributed by atoms with Crippen LogP contribution in [0.2, 0.25) is 0 Å². The van der Waals surface area contributed by atoms with Crippen LogP contribution in [-0.2, 0) is 9.59 Å². The first-order valence-corrected chi connectivity index (χ1v) is 11.0. The maximum Gasteiger partial charge on any atom is 0.247 e. The van der Waals surface area contributed by atoms with Crippen molar-refractivity contribution < 1.29 is 9.59 Å². The maximum absolute atomic E-state index is 13.4. The fraction of sp³-hybridized carbons (Fsp3) is 0.667. The van der Waals surface area contributed by atoms with E-state index in [1.807, 2.05) is 45.9 Å². The van der Waals surface area contributed by atoms with Crippen molar-refractivity contribution in [2.24, 2.45) is 29.1 Å². The van der Waals surface area contributed by atoms with Crippen LogP contribution in [0.4, 0.5) is 5.69 Å². The maximum atomic E-state index is 13.4.